The molecule has 2 heterocycles. The van der Waals surface area contributed by atoms with Gasteiger partial charge in [-0.2, -0.15) is 9.36 Å². The van der Waals surface area contributed by atoms with Crippen LogP contribution >= 0.6 is 11.5 Å². The zero-order chi connectivity index (χ0) is 15.6. The molecule has 0 spiro atoms. The lowest BCUT2D eigenvalue weighted by Crippen LogP contribution is -2.39. The lowest BCUT2D eigenvalue weighted by molar-refractivity contribution is -0.0683. The van der Waals surface area contributed by atoms with E-state index >= 15 is 0 Å². The van der Waals surface area contributed by atoms with Crippen LogP contribution in [0.4, 0.5) is 5.13 Å². The van der Waals surface area contributed by atoms with Crippen molar-refractivity contribution in [3.8, 4) is 11.4 Å². The van der Waals surface area contributed by atoms with Crippen molar-refractivity contribution in [2.45, 2.75) is 45.3 Å². The quantitative estimate of drug-likeness (QED) is 0.858. The number of ether oxygens (including phenoxy) is 1. The van der Waals surface area contributed by atoms with Gasteiger partial charge in [-0.15, -0.1) is 0 Å². The molecule has 3 rings (SSSR count). The fourth-order valence-corrected chi connectivity index (χ4v) is 3.45. The molecule has 1 aromatic carbocycles. The van der Waals surface area contributed by atoms with Gasteiger partial charge in [0.2, 0.25) is 5.13 Å². The van der Waals surface area contributed by atoms with Crippen LogP contribution in [0.2, 0.25) is 0 Å². The second-order valence-electron chi connectivity index (χ2n) is 6.68. The Labute approximate surface area is 136 Å². The molecule has 1 fully saturated rings. The minimum absolute atomic E-state index is 0.0595. The summed E-state index contributed by atoms with van der Waals surface area (Å²) in [7, 11) is 0. The Morgan fingerprint density at radius 1 is 1.14 bits per heavy atom. The minimum atomic E-state index is -0.0595. The zero-order valence-electron chi connectivity index (χ0n) is 13.5. The molecule has 0 unspecified atom stereocenters. The monoisotopic (exact) mass is 317 g/mol. The SMILES string of the molecule is CC(C)(C)OC1CCN(c2nc(-c3ccccc3)ns2)CC1. The normalized spacial score (nSPS) is 17.0. The van der Waals surface area contributed by atoms with E-state index in [4.69, 9.17) is 9.72 Å². The van der Waals surface area contributed by atoms with Crippen molar-refractivity contribution in [1.82, 2.24) is 9.36 Å². The van der Waals surface area contributed by atoms with Crippen LogP contribution < -0.4 is 4.90 Å². The molecular formula is C17H23N3OS. The van der Waals surface area contributed by atoms with E-state index in [0.717, 1.165) is 42.5 Å². The standard InChI is InChI=1S/C17H23N3OS/c1-17(2,3)21-14-9-11-20(12-10-14)16-18-15(19-22-16)13-7-5-4-6-8-13/h4-8,14H,9-12H2,1-3H3. The maximum absolute atomic E-state index is 6.08. The number of benzene rings is 1. The van der Waals surface area contributed by atoms with Gasteiger partial charge in [-0.05, 0) is 33.6 Å². The van der Waals surface area contributed by atoms with Gasteiger partial charge in [0.15, 0.2) is 5.82 Å². The van der Waals surface area contributed by atoms with Crippen molar-refractivity contribution in [3.63, 3.8) is 0 Å². The zero-order valence-corrected chi connectivity index (χ0v) is 14.3. The van der Waals surface area contributed by atoms with Crippen LogP contribution in [0.5, 0.6) is 0 Å². The van der Waals surface area contributed by atoms with Gasteiger partial charge in [-0.25, -0.2) is 0 Å². The third kappa shape index (κ3) is 3.84. The Morgan fingerprint density at radius 2 is 1.82 bits per heavy atom. The van der Waals surface area contributed by atoms with Crippen LogP contribution in [-0.4, -0.2) is 34.2 Å². The molecule has 1 aliphatic rings. The van der Waals surface area contributed by atoms with E-state index in [0.29, 0.717) is 6.10 Å². The van der Waals surface area contributed by atoms with Crippen molar-refractivity contribution in [2.75, 3.05) is 18.0 Å². The summed E-state index contributed by atoms with van der Waals surface area (Å²) in [4.78, 5) is 7.02. The fraction of sp³-hybridized carbons (Fsp3) is 0.529. The molecule has 1 saturated heterocycles. The van der Waals surface area contributed by atoms with E-state index < -0.39 is 0 Å². The van der Waals surface area contributed by atoms with Crippen molar-refractivity contribution in [3.05, 3.63) is 30.3 Å². The van der Waals surface area contributed by atoms with Crippen LogP contribution in [0.15, 0.2) is 30.3 Å². The topological polar surface area (TPSA) is 38.2 Å². The molecule has 0 aliphatic carbocycles. The Kier molecular flexibility index (Phi) is 4.45. The highest BCUT2D eigenvalue weighted by Gasteiger charge is 2.25. The predicted octanol–water partition coefficient (Wildman–Crippen LogP) is 3.99. The molecule has 0 bridgehead atoms. The number of piperidine rings is 1. The molecule has 4 nitrogen and oxygen atoms in total. The Hall–Kier alpha value is -1.46. The molecule has 1 aliphatic heterocycles. The lowest BCUT2D eigenvalue weighted by atomic mass is 10.1. The number of anilines is 1. The van der Waals surface area contributed by atoms with Crippen molar-refractivity contribution in [2.24, 2.45) is 0 Å². The summed E-state index contributed by atoms with van der Waals surface area (Å²) < 4.78 is 10.6. The van der Waals surface area contributed by atoms with Crippen LogP contribution in [-0.2, 0) is 4.74 Å². The van der Waals surface area contributed by atoms with Crippen molar-refractivity contribution in [1.29, 1.82) is 0 Å². The van der Waals surface area contributed by atoms with Crippen LogP contribution in [0.3, 0.4) is 0 Å². The highest BCUT2D eigenvalue weighted by atomic mass is 32.1. The van der Waals surface area contributed by atoms with E-state index in [1.54, 1.807) is 0 Å². The number of hydrogen-bond acceptors (Lipinski definition) is 5. The van der Waals surface area contributed by atoms with E-state index in [1.165, 1.54) is 11.5 Å². The Balaban J connectivity index is 1.62. The lowest BCUT2D eigenvalue weighted by Gasteiger charge is -2.35. The summed E-state index contributed by atoms with van der Waals surface area (Å²) in [6.07, 6.45) is 2.47. The van der Waals surface area contributed by atoms with Gasteiger partial charge >= 0.3 is 0 Å². The van der Waals surface area contributed by atoms with Gasteiger partial charge in [0, 0.05) is 30.2 Å². The fourth-order valence-electron chi connectivity index (χ4n) is 2.71. The molecule has 0 amide bonds. The number of hydrogen-bond donors (Lipinski definition) is 0. The second-order valence-corrected chi connectivity index (χ2v) is 7.41. The molecular weight excluding hydrogens is 294 g/mol. The first kappa shape index (κ1) is 15.4. The Morgan fingerprint density at radius 3 is 2.45 bits per heavy atom. The smallest absolute Gasteiger partial charge is 0.205 e. The van der Waals surface area contributed by atoms with Crippen molar-refractivity contribution >= 4 is 16.7 Å². The highest BCUT2D eigenvalue weighted by molar-refractivity contribution is 7.09. The number of rotatable bonds is 3. The summed E-state index contributed by atoms with van der Waals surface area (Å²) in [6, 6.07) is 10.2. The molecule has 2 aromatic rings. The maximum atomic E-state index is 6.08. The second kappa shape index (κ2) is 6.34. The van der Waals surface area contributed by atoms with Gasteiger partial charge in [0.1, 0.15) is 0 Å². The summed E-state index contributed by atoms with van der Waals surface area (Å²) in [5, 5.41) is 1.02. The van der Waals surface area contributed by atoms with E-state index in [2.05, 4.69) is 42.2 Å². The van der Waals surface area contributed by atoms with Crippen LogP contribution in [0.25, 0.3) is 11.4 Å². The largest absolute Gasteiger partial charge is 0.372 e. The molecule has 1 aromatic heterocycles. The average Bonchev–Trinajstić information content (AvgIpc) is 2.97. The third-order valence-corrected chi connectivity index (χ3v) is 4.46. The molecule has 118 valence electrons. The number of nitrogens with zero attached hydrogens (tertiary/aromatic N) is 3. The summed E-state index contributed by atoms with van der Waals surface area (Å²) in [5.41, 5.74) is 1.02. The minimum Gasteiger partial charge on any atom is -0.372 e. The summed E-state index contributed by atoms with van der Waals surface area (Å²) >= 11 is 1.49. The first-order valence-corrected chi connectivity index (χ1v) is 8.60. The molecule has 0 atom stereocenters. The van der Waals surface area contributed by atoms with Gasteiger partial charge in [-0.1, -0.05) is 30.3 Å². The van der Waals surface area contributed by atoms with Crippen LogP contribution in [0.1, 0.15) is 33.6 Å². The maximum Gasteiger partial charge on any atom is 0.205 e. The van der Waals surface area contributed by atoms with Crippen molar-refractivity contribution < 1.29 is 4.74 Å². The van der Waals surface area contributed by atoms with Crippen LogP contribution in [0, 0.1) is 0 Å². The highest BCUT2D eigenvalue weighted by Crippen LogP contribution is 2.28. The van der Waals surface area contributed by atoms with E-state index in [1.807, 2.05) is 18.2 Å². The molecule has 0 N–H and O–H groups in total. The molecule has 0 saturated carbocycles. The summed E-state index contributed by atoms with van der Waals surface area (Å²) in [5.74, 6) is 0.827. The predicted molar refractivity (Wildman–Crippen MR) is 91.4 cm³/mol. The van der Waals surface area contributed by atoms with Gasteiger partial charge < -0.3 is 9.64 Å². The Bertz CT molecular complexity index is 598. The summed E-state index contributed by atoms with van der Waals surface area (Å²) in [6.45, 7) is 8.34. The van der Waals surface area contributed by atoms with Gasteiger partial charge in [0.05, 0.1) is 11.7 Å². The van der Waals surface area contributed by atoms with Gasteiger partial charge in [-0.3, -0.25) is 0 Å². The van der Waals surface area contributed by atoms with Gasteiger partial charge in [0.25, 0.3) is 0 Å². The molecule has 22 heavy (non-hydrogen) atoms. The first-order chi connectivity index (χ1) is 10.5. The van der Waals surface area contributed by atoms with E-state index in [9.17, 15) is 0 Å². The van der Waals surface area contributed by atoms with E-state index in [-0.39, 0.29) is 5.60 Å². The molecule has 0 radical (unpaired) electrons. The average molecular weight is 317 g/mol. The molecule has 5 heteroatoms. The number of aromatic nitrogens is 2. The third-order valence-electron chi connectivity index (χ3n) is 3.68. The first-order valence-electron chi connectivity index (χ1n) is 7.83.